The van der Waals surface area contributed by atoms with Crippen LogP contribution in [0.3, 0.4) is 0 Å². The smallest absolute Gasteiger partial charge is 0.254 e. The van der Waals surface area contributed by atoms with Crippen molar-refractivity contribution in [3.05, 3.63) is 29.8 Å². The molecule has 0 radical (unpaired) electrons. The second-order valence-electron chi connectivity index (χ2n) is 3.57. The van der Waals surface area contributed by atoms with Crippen LogP contribution in [0.5, 0.6) is 0 Å². The summed E-state index contributed by atoms with van der Waals surface area (Å²) in [7, 11) is 0. The normalized spacial score (nSPS) is 19.4. The van der Waals surface area contributed by atoms with Crippen LogP contribution in [0.4, 0.5) is 5.69 Å². The topological polar surface area (TPSA) is 58.2 Å². The average Bonchev–Trinajstić information content (AvgIpc) is 2.39. The molecule has 1 unspecified atom stereocenters. The third-order valence-electron chi connectivity index (χ3n) is 2.47. The molecule has 0 aliphatic carbocycles. The lowest BCUT2D eigenvalue weighted by molar-refractivity contribution is -0.117. The first-order chi connectivity index (χ1) is 7.72. The molecule has 0 aromatic heterocycles. The Hall–Kier alpha value is -1.49. The summed E-state index contributed by atoms with van der Waals surface area (Å²) in [6, 6.07) is 6.45. The number of anilines is 1. The van der Waals surface area contributed by atoms with Crippen LogP contribution in [0.25, 0.3) is 0 Å². The number of nitrogens with one attached hydrogen (secondary N) is 2. The first-order valence-corrected chi connectivity index (χ1v) is 5.67. The molecule has 0 spiro atoms. The minimum Gasteiger partial charge on any atom is -0.340 e. The lowest BCUT2D eigenvalue weighted by Crippen LogP contribution is -2.41. The molecule has 2 amide bonds. The molecule has 0 fully saturated rings. The molecule has 1 aromatic carbocycles. The maximum atomic E-state index is 11.8. The fraction of sp³-hybridized carbons (Fsp3) is 0.273. The molecule has 0 bridgehead atoms. The Kier molecular flexibility index (Phi) is 3.14. The molecule has 16 heavy (non-hydrogen) atoms. The van der Waals surface area contributed by atoms with E-state index < -0.39 is 6.04 Å². The number of thiol groups is 1. The molecule has 5 heteroatoms. The van der Waals surface area contributed by atoms with Gasteiger partial charge in [0.05, 0.1) is 11.3 Å². The zero-order valence-corrected chi connectivity index (χ0v) is 9.46. The van der Waals surface area contributed by atoms with E-state index in [-0.39, 0.29) is 11.8 Å². The Morgan fingerprint density at radius 3 is 2.75 bits per heavy atom. The summed E-state index contributed by atoms with van der Waals surface area (Å²) in [5, 5.41) is 5.42. The fourth-order valence-electron chi connectivity index (χ4n) is 1.64. The van der Waals surface area contributed by atoms with Crippen LogP contribution in [-0.4, -0.2) is 23.6 Å². The van der Waals surface area contributed by atoms with Gasteiger partial charge >= 0.3 is 0 Å². The van der Waals surface area contributed by atoms with E-state index in [4.69, 9.17) is 0 Å². The van der Waals surface area contributed by atoms with Crippen molar-refractivity contribution >= 4 is 30.1 Å². The van der Waals surface area contributed by atoms with E-state index in [0.717, 1.165) is 0 Å². The Labute approximate surface area is 98.8 Å². The number of carbonyl (C=O) groups is 2. The van der Waals surface area contributed by atoms with Gasteiger partial charge in [0, 0.05) is 0 Å². The SMILES string of the molecule is O=C1NC(CCS)C(=O)Nc2ccccc21. The Morgan fingerprint density at radius 1 is 1.25 bits per heavy atom. The largest absolute Gasteiger partial charge is 0.340 e. The van der Waals surface area contributed by atoms with Crippen LogP contribution >= 0.6 is 12.6 Å². The van der Waals surface area contributed by atoms with E-state index in [0.29, 0.717) is 23.4 Å². The highest BCUT2D eigenvalue weighted by atomic mass is 32.1. The van der Waals surface area contributed by atoms with Gasteiger partial charge < -0.3 is 10.6 Å². The van der Waals surface area contributed by atoms with E-state index in [2.05, 4.69) is 23.3 Å². The van der Waals surface area contributed by atoms with Crippen LogP contribution < -0.4 is 10.6 Å². The molecular weight excluding hydrogens is 224 g/mol. The van der Waals surface area contributed by atoms with Gasteiger partial charge in [-0.15, -0.1) is 0 Å². The summed E-state index contributed by atoms with van der Waals surface area (Å²) in [6.45, 7) is 0. The number of fused-ring (bicyclic) bond motifs is 1. The van der Waals surface area contributed by atoms with Crippen LogP contribution in [0, 0.1) is 0 Å². The van der Waals surface area contributed by atoms with Gasteiger partial charge in [0.1, 0.15) is 6.04 Å². The maximum absolute atomic E-state index is 11.8. The lowest BCUT2D eigenvalue weighted by atomic mass is 10.1. The highest BCUT2D eigenvalue weighted by Crippen LogP contribution is 2.18. The average molecular weight is 236 g/mol. The Bertz CT molecular complexity index is 434. The molecule has 84 valence electrons. The number of rotatable bonds is 2. The monoisotopic (exact) mass is 236 g/mol. The van der Waals surface area contributed by atoms with Crippen molar-refractivity contribution in [2.45, 2.75) is 12.5 Å². The zero-order valence-electron chi connectivity index (χ0n) is 8.56. The van der Waals surface area contributed by atoms with Gasteiger partial charge in [-0.3, -0.25) is 9.59 Å². The van der Waals surface area contributed by atoms with E-state index >= 15 is 0 Å². The number of amides is 2. The molecule has 1 heterocycles. The Morgan fingerprint density at radius 2 is 2.00 bits per heavy atom. The summed E-state index contributed by atoms with van der Waals surface area (Å²) >= 11 is 4.07. The maximum Gasteiger partial charge on any atom is 0.254 e. The van der Waals surface area contributed by atoms with Crippen molar-refractivity contribution in [1.29, 1.82) is 0 Å². The number of benzene rings is 1. The van der Waals surface area contributed by atoms with Gasteiger partial charge in [0.25, 0.3) is 5.91 Å². The predicted octanol–water partition coefficient (Wildman–Crippen LogP) is 1.06. The van der Waals surface area contributed by atoms with Crippen LogP contribution in [0.2, 0.25) is 0 Å². The summed E-state index contributed by atoms with van der Waals surface area (Å²) in [4.78, 5) is 23.6. The van der Waals surface area contributed by atoms with Crippen LogP contribution in [-0.2, 0) is 4.79 Å². The van der Waals surface area contributed by atoms with E-state index in [1.165, 1.54) is 0 Å². The second-order valence-corrected chi connectivity index (χ2v) is 4.02. The van der Waals surface area contributed by atoms with E-state index in [1.54, 1.807) is 24.3 Å². The number of hydrogen-bond acceptors (Lipinski definition) is 3. The van der Waals surface area contributed by atoms with Gasteiger partial charge in [0.2, 0.25) is 5.91 Å². The summed E-state index contributed by atoms with van der Waals surface area (Å²) in [6.07, 6.45) is 0.522. The van der Waals surface area contributed by atoms with E-state index in [9.17, 15) is 9.59 Å². The van der Waals surface area contributed by atoms with Crippen molar-refractivity contribution in [3.8, 4) is 0 Å². The number of carbonyl (C=O) groups excluding carboxylic acids is 2. The van der Waals surface area contributed by atoms with Crippen molar-refractivity contribution in [2.75, 3.05) is 11.1 Å². The van der Waals surface area contributed by atoms with Crippen molar-refractivity contribution < 1.29 is 9.59 Å². The molecule has 2 N–H and O–H groups in total. The number of hydrogen-bond donors (Lipinski definition) is 3. The molecule has 1 aliphatic rings. The third kappa shape index (κ3) is 2.04. The first kappa shape index (κ1) is 11.0. The van der Waals surface area contributed by atoms with E-state index in [1.807, 2.05) is 0 Å². The fourth-order valence-corrected chi connectivity index (χ4v) is 1.90. The third-order valence-corrected chi connectivity index (χ3v) is 2.73. The summed E-state index contributed by atoms with van der Waals surface area (Å²) < 4.78 is 0. The minimum atomic E-state index is -0.502. The Balaban J connectivity index is 2.32. The molecule has 2 rings (SSSR count). The molecular formula is C11H12N2O2S. The molecule has 1 aliphatic heterocycles. The second kappa shape index (κ2) is 4.57. The van der Waals surface area contributed by atoms with Gasteiger partial charge in [-0.05, 0) is 24.3 Å². The van der Waals surface area contributed by atoms with Crippen LogP contribution in [0.1, 0.15) is 16.8 Å². The van der Waals surface area contributed by atoms with Crippen LogP contribution in [0.15, 0.2) is 24.3 Å². The molecule has 0 saturated heterocycles. The highest BCUT2D eigenvalue weighted by molar-refractivity contribution is 7.80. The highest BCUT2D eigenvalue weighted by Gasteiger charge is 2.26. The number of para-hydroxylation sites is 1. The van der Waals surface area contributed by atoms with Crippen molar-refractivity contribution in [2.24, 2.45) is 0 Å². The van der Waals surface area contributed by atoms with Gasteiger partial charge in [0.15, 0.2) is 0 Å². The van der Waals surface area contributed by atoms with Gasteiger partial charge in [-0.2, -0.15) is 12.6 Å². The minimum absolute atomic E-state index is 0.188. The predicted molar refractivity (Wildman–Crippen MR) is 64.8 cm³/mol. The lowest BCUT2D eigenvalue weighted by Gasteiger charge is -2.12. The van der Waals surface area contributed by atoms with Gasteiger partial charge in [-0.25, -0.2) is 0 Å². The summed E-state index contributed by atoms with van der Waals surface area (Å²) in [5.74, 6) is 0.141. The molecule has 1 atom stereocenters. The van der Waals surface area contributed by atoms with Crippen molar-refractivity contribution in [3.63, 3.8) is 0 Å². The first-order valence-electron chi connectivity index (χ1n) is 5.04. The standard InChI is InChI=1S/C11H12N2O2S/c14-10-7-3-1-2-4-8(7)12-11(15)9(13-10)5-6-16/h1-4,9,16H,5-6H2,(H,12,15)(H,13,14). The molecule has 4 nitrogen and oxygen atoms in total. The molecule has 1 aromatic rings. The molecule has 0 saturated carbocycles. The van der Waals surface area contributed by atoms with Crippen molar-refractivity contribution in [1.82, 2.24) is 5.32 Å². The van der Waals surface area contributed by atoms with Gasteiger partial charge in [-0.1, -0.05) is 12.1 Å². The summed E-state index contributed by atoms with van der Waals surface area (Å²) in [5.41, 5.74) is 1.06. The zero-order chi connectivity index (χ0) is 11.5. The quantitative estimate of drug-likeness (QED) is 0.672.